The molecule has 3 rings (SSSR count). The van der Waals surface area contributed by atoms with Crippen molar-refractivity contribution in [1.29, 1.82) is 0 Å². The Hall–Kier alpha value is -2.81. The quantitative estimate of drug-likeness (QED) is 0.648. The van der Waals surface area contributed by atoms with Crippen LogP contribution in [0.2, 0.25) is 0 Å². The molecule has 3 heteroatoms. The third kappa shape index (κ3) is 3.57. The molecule has 0 spiro atoms. The van der Waals surface area contributed by atoms with E-state index in [1.54, 1.807) is 7.11 Å². The second kappa shape index (κ2) is 7.18. The first-order valence-electron chi connectivity index (χ1n) is 8.13. The molecule has 0 amide bonds. The fourth-order valence-corrected chi connectivity index (χ4v) is 2.59. The van der Waals surface area contributed by atoms with Gasteiger partial charge in [0, 0.05) is 18.1 Å². The summed E-state index contributed by atoms with van der Waals surface area (Å²) in [6.07, 6.45) is 7.93. The average molecular weight is 318 g/mol. The molecule has 2 aromatic carbocycles. The Bertz CT molecular complexity index is 829. The predicted octanol–water partition coefficient (Wildman–Crippen LogP) is 5.17. The van der Waals surface area contributed by atoms with Gasteiger partial charge in [0.1, 0.15) is 11.6 Å². The van der Waals surface area contributed by atoms with Crippen LogP contribution in [0.5, 0.6) is 5.75 Å². The average Bonchev–Trinajstić information content (AvgIpc) is 3.09. The lowest BCUT2D eigenvalue weighted by Crippen LogP contribution is -1.95. The van der Waals surface area contributed by atoms with Crippen LogP contribution in [0.1, 0.15) is 36.7 Å². The Labute approximate surface area is 143 Å². The molecule has 3 aromatic rings. The zero-order chi connectivity index (χ0) is 16.9. The first-order valence-corrected chi connectivity index (χ1v) is 8.13. The fourth-order valence-electron chi connectivity index (χ4n) is 2.59. The molecule has 1 heterocycles. The molecule has 0 N–H and O–H groups in total. The minimum atomic E-state index is 0.527. The molecule has 0 radical (unpaired) electrons. The third-order valence-corrected chi connectivity index (χ3v) is 4.02. The van der Waals surface area contributed by atoms with Crippen molar-refractivity contribution in [2.45, 2.75) is 19.8 Å². The molecular weight excluding hydrogens is 296 g/mol. The summed E-state index contributed by atoms with van der Waals surface area (Å²) in [5, 5.41) is 0. The second-order valence-electron chi connectivity index (χ2n) is 6.01. The number of hydrogen-bond donors (Lipinski definition) is 0. The molecule has 1 aromatic heterocycles. The van der Waals surface area contributed by atoms with Gasteiger partial charge in [0.05, 0.1) is 7.11 Å². The molecular formula is C21H22N2O. The van der Waals surface area contributed by atoms with Crippen molar-refractivity contribution in [2.24, 2.45) is 0 Å². The Balaban J connectivity index is 1.86. The number of nitrogens with zero attached hydrogens (tertiary/aromatic N) is 2. The van der Waals surface area contributed by atoms with Crippen molar-refractivity contribution in [2.75, 3.05) is 7.11 Å². The van der Waals surface area contributed by atoms with Gasteiger partial charge in [-0.1, -0.05) is 44.2 Å². The molecule has 0 fully saturated rings. The van der Waals surface area contributed by atoms with Gasteiger partial charge in [-0.05, 0) is 47.4 Å². The summed E-state index contributed by atoms with van der Waals surface area (Å²) < 4.78 is 7.27. The predicted molar refractivity (Wildman–Crippen MR) is 99.6 cm³/mol. The van der Waals surface area contributed by atoms with Crippen LogP contribution in [0.25, 0.3) is 17.8 Å². The fraction of sp³-hybridized carbons (Fsp3) is 0.190. The standard InChI is InChI=1S/C21H22N2O/c1-16(2)18-6-4-5-17(15-18)7-12-21-22-13-14-23(21)19-8-10-20(24-3)11-9-19/h4-16H,1-3H3. The van der Waals surface area contributed by atoms with E-state index in [1.165, 1.54) is 11.1 Å². The van der Waals surface area contributed by atoms with Gasteiger partial charge in [-0.15, -0.1) is 0 Å². The molecule has 0 aliphatic carbocycles. The summed E-state index contributed by atoms with van der Waals surface area (Å²) in [6, 6.07) is 16.6. The van der Waals surface area contributed by atoms with Crippen molar-refractivity contribution in [3.8, 4) is 11.4 Å². The highest BCUT2D eigenvalue weighted by Gasteiger charge is 2.03. The lowest BCUT2D eigenvalue weighted by Gasteiger charge is -2.07. The first-order chi connectivity index (χ1) is 11.7. The number of hydrogen-bond acceptors (Lipinski definition) is 2. The van der Waals surface area contributed by atoms with Crippen LogP contribution in [-0.2, 0) is 0 Å². The smallest absolute Gasteiger partial charge is 0.137 e. The highest BCUT2D eigenvalue weighted by atomic mass is 16.5. The van der Waals surface area contributed by atoms with E-state index in [0.29, 0.717) is 5.92 Å². The largest absolute Gasteiger partial charge is 0.497 e. The minimum Gasteiger partial charge on any atom is -0.497 e. The number of rotatable bonds is 5. The SMILES string of the molecule is COc1ccc(-n2ccnc2C=Cc2cccc(C(C)C)c2)cc1. The van der Waals surface area contributed by atoms with Crippen molar-refractivity contribution >= 4 is 12.2 Å². The van der Waals surface area contributed by atoms with Crippen molar-refractivity contribution in [3.05, 3.63) is 77.9 Å². The van der Waals surface area contributed by atoms with Crippen LogP contribution in [-0.4, -0.2) is 16.7 Å². The van der Waals surface area contributed by atoms with Crippen molar-refractivity contribution < 1.29 is 4.74 Å². The zero-order valence-electron chi connectivity index (χ0n) is 14.3. The van der Waals surface area contributed by atoms with E-state index < -0.39 is 0 Å². The van der Waals surface area contributed by atoms with Gasteiger partial charge in [-0.25, -0.2) is 4.98 Å². The highest BCUT2D eigenvalue weighted by Crippen LogP contribution is 2.19. The van der Waals surface area contributed by atoms with Gasteiger partial charge in [0.25, 0.3) is 0 Å². The van der Waals surface area contributed by atoms with Crippen LogP contribution in [0.4, 0.5) is 0 Å². The Morgan fingerprint density at radius 1 is 1.04 bits per heavy atom. The summed E-state index contributed by atoms with van der Waals surface area (Å²) in [6.45, 7) is 4.42. The zero-order valence-corrected chi connectivity index (χ0v) is 14.3. The lowest BCUT2D eigenvalue weighted by atomic mass is 10.0. The van der Waals surface area contributed by atoms with Crippen molar-refractivity contribution in [3.63, 3.8) is 0 Å². The number of aromatic nitrogens is 2. The minimum absolute atomic E-state index is 0.527. The van der Waals surface area contributed by atoms with E-state index in [4.69, 9.17) is 4.74 Å². The Kier molecular flexibility index (Phi) is 4.80. The summed E-state index contributed by atoms with van der Waals surface area (Å²) in [4.78, 5) is 4.45. The monoisotopic (exact) mass is 318 g/mol. The van der Waals surface area contributed by atoms with Crippen LogP contribution in [0.15, 0.2) is 60.9 Å². The topological polar surface area (TPSA) is 27.1 Å². The van der Waals surface area contributed by atoms with E-state index in [0.717, 1.165) is 17.3 Å². The molecule has 0 atom stereocenters. The molecule has 122 valence electrons. The second-order valence-corrected chi connectivity index (χ2v) is 6.01. The van der Waals surface area contributed by atoms with Gasteiger partial charge in [-0.2, -0.15) is 0 Å². The molecule has 0 aliphatic heterocycles. The maximum absolute atomic E-state index is 5.21. The van der Waals surface area contributed by atoms with E-state index in [1.807, 2.05) is 42.7 Å². The highest BCUT2D eigenvalue weighted by molar-refractivity contribution is 5.68. The number of benzene rings is 2. The number of imidazole rings is 1. The van der Waals surface area contributed by atoms with Gasteiger partial charge < -0.3 is 9.30 Å². The summed E-state index contributed by atoms with van der Waals surface area (Å²) in [5.41, 5.74) is 3.59. The normalized spacial score (nSPS) is 11.3. The number of methoxy groups -OCH3 is 1. The van der Waals surface area contributed by atoms with Gasteiger partial charge in [0.2, 0.25) is 0 Å². The van der Waals surface area contributed by atoms with Gasteiger partial charge >= 0.3 is 0 Å². The Morgan fingerprint density at radius 2 is 1.83 bits per heavy atom. The van der Waals surface area contributed by atoms with Gasteiger partial charge in [0.15, 0.2) is 0 Å². The third-order valence-electron chi connectivity index (χ3n) is 4.02. The maximum atomic E-state index is 5.21. The van der Waals surface area contributed by atoms with E-state index in [2.05, 4.69) is 53.7 Å². The van der Waals surface area contributed by atoms with E-state index in [9.17, 15) is 0 Å². The maximum Gasteiger partial charge on any atom is 0.137 e. The molecule has 24 heavy (non-hydrogen) atoms. The molecule has 0 saturated heterocycles. The molecule has 0 bridgehead atoms. The molecule has 3 nitrogen and oxygen atoms in total. The van der Waals surface area contributed by atoms with Crippen LogP contribution in [0.3, 0.4) is 0 Å². The summed E-state index contributed by atoms with van der Waals surface area (Å²) in [5.74, 6) is 2.27. The van der Waals surface area contributed by atoms with Crippen LogP contribution in [0, 0.1) is 0 Å². The van der Waals surface area contributed by atoms with E-state index >= 15 is 0 Å². The lowest BCUT2D eigenvalue weighted by molar-refractivity contribution is 0.414. The van der Waals surface area contributed by atoms with Crippen LogP contribution < -0.4 is 4.74 Å². The molecule has 0 aliphatic rings. The van der Waals surface area contributed by atoms with E-state index in [-0.39, 0.29) is 0 Å². The Morgan fingerprint density at radius 3 is 2.54 bits per heavy atom. The molecule has 0 saturated carbocycles. The first kappa shape index (κ1) is 16.1. The summed E-state index contributed by atoms with van der Waals surface area (Å²) >= 11 is 0. The number of ether oxygens (including phenoxy) is 1. The van der Waals surface area contributed by atoms with Crippen molar-refractivity contribution in [1.82, 2.24) is 9.55 Å². The van der Waals surface area contributed by atoms with Gasteiger partial charge in [-0.3, -0.25) is 0 Å². The van der Waals surface area contributed by atoms with Crippen LogP contribution >= 0.6 is 0 Å². The molecule has 0 unspecified atom stereocenters. The summed E-state index contributed by atoms with van der Waals surface area (Å²) in [7, 11) is 1.67.